The molecule has 19 heteroatoms. The Hall–Kier alpha value is -2.36. The van der Waals surface area contributed by atoms with Crippen LogP contribution in [0.3, 0.4) is 0 Å². The molecule has 56 heavy (non-hydrogen) atoms. The maximum absolute atomic E-state index is 12.6. The molecule has 0 aromatic rings. The number of unbranched alkanes of at least 4 members (excludes halogenated alkanes) is 1. The van der Waals surface area contributed by atoms with Crippen LogP contribution in [0.1, 0.15) is 92.9 Å². The van der Waals surface area contributed by atoms with Crippen molar-refractivity contribution in [3.63, 3.8) is 0 Å². The second-order valence-electron chi connectivity index (χ2n) is 11.7. The summed E-state index contributed by atoms with van der Waals surface area (Å²) in [5.41, 5.74) is 14.6. The molecule has 17 nitrogen and oxygen atoms in total. The van der Waals surface area contributed by atoms with Crippen molar-refractivity contribution in [2.24, 2.45) is 17.2 Å². The van der Waals surface area contributed by atoms with Gasteiger partial charge in [-0.15, -0.1) is 0 Å². The first-order chi connectivity index (χ1) is 26.9. The summed E-state index contributed by atoms with van der Waals surface area (Å²) < 4.78 is 16.2. The molecule has 332 valence electrons. The number of aldehydes is 2. The molecule has 10 N–H and O–H groups in total. The highest BCUT2D eigenvalue weighted by Crippen LogP contribution is 2.20. The predicted octanol–water partition coefficient (Wildman–Crippen LogP) is 0.978. The van der Waals surface area contributed by atoms with Crippen LogP contribution in [0.25, 0.3) is 0 Å². The van der Waals surface area contributed by atoms with Crippen molar-refractivity contribution in [1.29, 1.82) is 0 Å². The van der Waals surface area contributed by atoms with Crippen LogP contribution < -0.4 is 27.8 Å². The van der Waals surface area contributed by atoms with Gasteiger partial charge in [0.1, 0.15) is 25.2 Å². The Morgan fingerprint density at radius 1 is 0.911 bits per heavy atom. The fraction of sp³-hybridized carbons (Fsp3) is 0.838. The average molecular weight is 845 g/mol. The minimum Gasteiger partial charge on any atom is -0.390 e. The van der Waals surface area contributed by atoms with Crippen LogP contribution in [-0.4, -0.2) is 158 Å². The molecule has 1 saturated heterocycles. The number of rotatable bonds is 27. The van der Waals surface area contributed by atoms with Gasteiger partial charge in [0.15, 0.2) is 6.29 Å². The average Bonchev–Trinajstić information content (AvgIpc) is 3.18. The van der Waals surface area contributed by atoms with Gasteiger partial charge in [-0.25, -0.2) is 0 Å². The highest BCUT2D eigenvalue weighted by Gasteiger charge is 2.34. The van der Waals surface area contributed by atoms with Crippen molar-refractivity contribution in [3.05, 3.63) is 0 Å². The zero-order valence-corrected chi connectivity index (χ0v) is 36.7. The summed E-state index contributed by atoms with van der Waals surface area (Å²) in [6, 6.07) is -0.702. The number of primary amides is 1. The summed E-state index contributed by atoms with van der Waals surface area (Å²) in [4.78, 5) is 70.5. The highest BCUT2D eigenvalue weighted by molar-refractivity contribution is 7.99. The molecule has 3 unspecified atom stereocenters. The van der Waals surface area contributed by atoms with Crippen LogP contribution in [0.4, 0.5) is 0 Å². The maximum atomic E-state index is 12.6. The van der Waals surface area contributed by atoms with Gasteiger partial charge in [0.05, 0.1) is 44.6 Å². The van der Waals surface area contributed by atoms with Crippen LogP contribution in [0.15, 0.2) is 0 Å². The van der Waals surface area contributed by atoms with Gasteiger partial charge in [0.2, 0.25) is 23.6 Å². The number of aliphatic hydroxyl groups is 2. The van der Waals surface area contributed by atoms with Crippen LogP contribution in [0, 0.1) is 0 Å². The third-order valence-corrected chi connectivity index (χ3v) is 9.25. The van der Waals surface area contributed by atoms with E-state index in [1.165, 1.54) is 19.2 Å². The second-order valence-corrected chi connectivity index (χ2v) is 14.1. The van der Waals surface area contributed by atoms with Crippen molar-refractivity contribution in [1.82, 2.24) is 15.5 Å². The first-order valence-electron chi connectivity index (χ1n) is 19.6. The van der Waals surface area contributed by atoms with Gasteiger partial charge in [0, 0.05) is 32.2 Å². The van der Waals surface area contributed by atoms with E-state index in [2.05, 4.69) is 23.3 Å². The van der Waals surface area contributed by atoms with E-state index in [1.54, 1.807) is 18.7 Å². The number of nitrogens with zero attached hydrogens (tertiary/aromatic N) is 1. The lowest BCUT2D eigenvalue weighted by molar-refractivity contribution is -0.263. The number of carbonyl (C=O) groups excluding carboxylic acids is 6. The van der Waals surface area contributed by atoms with Gasteiger partial charge >= 0.3 is 0 Å². The Bertz CT molecular complexity index is 976. The lowest BCUT2D eigenvalue weighted by Crippen LogP contribution is -2.47. The Morgan fingerprint density at radius 3 is 2.07 bits per heavy atom. The summed E-state index contributed by atoms with van der Waals surface area (Å²) in [5.74, 6) is 1.58. The van der Waals surface area contributed by atoms with Crippen LogP contribution in [0.5, 0.6) is 0 Å². The molecule has 0 saturated carbocycles. The van der Waals surface area contributed by atoms with Crippen molar-refractivity contribution in [2.45, 2.75) is 124 Å². The van der Waals surface area contributed by atoms with E-state index in [9.17, 15) is 39.0 Å². The van der Waals surface area contributed by atoms with Crippen LogP contribution in [0.2, 0.25) is 0 Å². The molecule has 0 aliphatic carbocycles. The Morgan fingerprint density at radius 2 is 1.52 bits per heavy atom. The van der Waals surface area contributed by atoms with E-state index in [0.717, 1.165) is 48.5 Å². The van der Waals surface area contributed by atoms with Crippen LogP contribution in [-0.2, 0) is 43.0 Å². The number of nitrogens with one attached hydrogen (secondary N) is 2. The van der Waals surface area contributed by atoms with Gasteiger partial charge < -0.3 is 66.7 Å². The summed E-state index contributed by atoms with van der Waals surface area (Å²) >= 11 is 3.60. The molecule has 1 rings (SSSR count). The first kappa shape index (κ1) is 60.3. The fourth-order valence-electron chi connectivity index (χ4n) is 4.14. The molecule has 0 bridgehead atoms. The highest BCUT2D eigenvalue weighted by atomic mass is 32.2. The molecule has 1 aliphatic rings. The number of ether oxygens (including phenoxy) is 3. The summed E-state index contributed by atoms with van der Waals surface area (Å²) in [7, 11) is 1.50. The SMILES string of the molecule is CC.CCCSCCC(C=O)NC(=O)CN(CC(N)=O)C(=O)CCC(=O)NCCOCCOC1O[C@@H](C)C(O)C[C@H]1O.CCCSCCCC=O.CCN.CN. The standard InChI is InChI=1S/C25H44N4O10S.C7H14OS.C2H7N.C2H6.CH5N/c1-3-11-40-12-6-18(16-30)28-23(35)15-29(14-21(26)33)24(36)5-4-22(34)27-7-8-37-9-10-38-25-20(32)13-19(31)17(2)39-25;1-2-6-9-7-4-3-5-8;1-2-3;2*1-2/h16-20,25,31-32H,3-15H2,1-2H3,(H2,26,33)(H,27,34)(H,28,35);5H,2-4,6-7H2,1H3;2-3H2,1H3;1-2H3;2H2,1H3/t17-,18?,19?,20+,25?;;;;/m0..../s1. The molecule has 1 heterocycles. The molecule has 0 spiro atoms. The van der Waals surface area contributed by atoms with E-state index in [4.69, 9.17) is 25.7 Å². The molecular formula is C37H76N6O11S2. The Balaban J connectivity index is -0.000000714. The van der Waals surface area contributed by atoms with Gasteiger partial charge in [-0.3, -0.25) is 19.2 Å². The number of aliphatic hydroxyl groups excluding tert-OH is 2. The zero-order chi connectivity index (χ0) is 43.6. The monoisotopic (exact) mass is 845 g/mol. The van der Waals surface area contributed by atoms with E-state index in [-0.39, 0.29) is 45.6 Å². The molecular weight excluding hydrogens is 769 g/mol. The molecule has 0 radical (unpaired) electrons. The van der Waals surface area contributed by atoms with Crippen molar-refractivity contribution >= 4 is 59.7 Å². The predicted molar refractivity (Wildman–Crippen MR) is 225 cm³/mol. The van der Waals surface area contributed by atoms with Crippen molar-refractivity contribution < 1.29 is 53.2 Å². The number of nitrogens with two attached hydrogens (primary N) is 3. The molecule has 5 atom stereocenters. The Kier molecular flexibility index (Phi) is 48.8. The number of hydrogen-bond acceptors (Lipinski definition) is 15. The quantitative estimate of drug-likeness (QED) is 0.0449. The summed E-state index contributed by atoms with van der Waals surface area (Å²) in [6.07, 6.45) is 2.86. The summed E-state index contributed by atoms with van der Waals surface area (Å²) in [5, 5.41) is 24.7. The van der Waals surface area contributed by atoms with E-state index in [1.807, 2.05) is 39.5 Å². The molecule has 1 fully saturated rings. The third-order valence-electron chi connectivity index (χ3n) is 6.76. The van der Waals surface area contributed by atoms with E-state index >= 15 is 0 Å². The summed E-state index contributed by atoms with van der Waals surface area (Å²) in [6.45, 7) is 12.3. The van der Waals surface area contributed by atoms with E-state index in [0.29, 0.717) is 18.5 Å². The Labute approximate surface area is 344 Å². The number of carbonyl (C=O) groups is 6. The van der Waals surface area contributed by atoms with Gasteiger partial charge in [0.25, 0.3) is 0 Å². The number of hydrogen-bond donors (Lipinski definition) is 7. The maximum Gasteiger partial charge on any atom is 0.240 e. The first-order valence-corrected chi connectivity index (χ1v) is 21.9. The van der Waals surface area contributed by atoms with Crippen molar-refractivity contribution in [3.8, 4) is 0 Å². The molecule has 4 amide bonds. The second kappa shape index (κ2) is 45.3. The largest absolute Gasteiger partial charge is 0.390 e. The van der Waals surface area contributed by atoms with Gasteiger partial charge in [-0.05, 0) is 69.2 Å². The van der Waals surface area contributed by atoms with Gasteiger partial charge in [-0.2, -0.15) is 23.5 Å². The topological polar surface area (TPSA) is 276 Å². The smallest absolute Gasteiger partial charge is 0.240 e. The molecule has 0 aromatic heterocycles. The molecule has 0 aromatic carbocycles. The van der Waals surface area contributed by atoms with Crippen LogP contribution >= 0.6 is 23.5 Å². The number of amides is 4. The minimum absolute atomic E-state index is 0.141. The van der Waals surface area contributed by atoms with Crippen molar-refractivity contribution in [2.75, 3.05) is 76.1 Å². The lowest BCUT2D eigenvalue weighted by atomic mass is 10.0. The minimum atomic E-state index is -0.936. The normalized spacial score (nSPS) is 17.3. The molecule has 1 aliphatic heterocycles. The van der Waals surface area contributed by atoms with E-state index < -0.39 is 67.4 Å². The fourth-order valence-corrected chi connectivity index (χ4v) is 5.92. The number of thioether (sulfide) groups is 2. The lowest BCUT2D eigenvalue weighted by Gasteiger charge is -2.35. The zero-order valence-electron chi connectivity index (χ0n) is 35.0. The van der Waals surface area contributed by atoms with Gasteiger partial charge in [-0.1, -0.05) is 34.6 Å². The third kappa shape index (κ3) is 38.5.